The molecule has 2 aliphatic rings. The van der Waals surface area contributed by atoms with Crippen LogP contribution in [0.25, 0.3) is 5.57 Å². The van der Waals surface area contributed by atoms with Gasteiger partial charge in [0.1, 0.15) is 0 Å². The zero-order valence-electron chi connectivity index (χ0n) is 18.9. The molecule has 1 N–H and O–H groups in total. The Hall–Kier alpha value is -2.25. The molecule has 1 aliphatic carbocycles. The van der Waals surface area contributed by atoms with E-state index in [0.717, 1.165) is 41.7 Å². The molecule has 0 saturated heterocycles. The average molecular weight is 467 g/mol. The molecule has 0 saturated carbocycles. The molecule has 2 aromatic rings. The van der Waals surface area contributed by atoms with E-state index in [1.807, 2.05) is 43.0 Å². The highest BCUT2D eigenvalue weighted by atomic mass is 32.2. The SMILES string of the molecule is CC(C)C1=CC=C(NC(=O)C(C)Sc2nnc(C3=CSCC3)n2Cc2ccccc2)CC1. The van der Waals surface area contributed by atoms with E-state index in [-0.39, 0.29) is 11.2 Å². The Labute approximate surface area is 198 Å². The van der Waals surface area contributed by atoms with Gasteiger partial charge in [-0.05, 0) is 49.2 Å². The maximum absolute atomic E-state index is 12.9. The summed E-state index contributed by atoms with van der Waals surface area (Å²) in [7, 11) is 0. The second kappa shape index (κ2) is 10.6. The molecule has 5 nitrogen and oxygen atoms in total. The molecule has 2 heterocycles. The molecule has 1 atom stereocenters. The van der Waals surface area contributed by atoms with Crippen molar-refractivity contribution in [2.75, 3.05) is 5.75 Å². The predicted molar refractivity (Wildman–Crippen MR) is 134 cm³/mol. The van der Waals surface area contributed by atoms with Gasteiger partial charge in [0.25, 0.3) is 0 Å². The minimum Gasteiger partial charge on any atom is -0.329 e. The number of allylic oxidation sites excluding steroid dienone is 5. The Morgan fingerprint density at radius 3 is 2.59 bits per heavy atom. The van der Waals surface area contributed by atoms with Gasteiger partial charge in [0.2, 0.25) is 5.91 Å². The first-order valence-electron chi connectivity index (χ1n) is 11.2. The van der Waals surface area contributed by atoms with Crippen molar-refractivity contribution in [2.24, 2.45) is 5.92 Å². The van der Waals surface area contributed by atoms with Crippen LogP contribution in [-0.2, 0) is 11.3 Å². The quantitative estimate of drug-likeness (QED) is 0.509. The number of carbonyl (C=O) groups is 1. The van der Waals surface area contributed by atoms with Crippen molar-refractivity contribution in [3.63, 3.8) is 0 Å². The molecule has 1 aliphatic heterocycles. The highest BCUT2D eigenvalue weighted by molar-refractivity contribution is 8.02. The molecular weight excluding hydrogens is 436 g/mol. The van der Waals surface area contributed by atoms with Crippen molar-refractivity contribution in [1.82, 2.24) is 20.1 Å². The number of benzene rings is 1. The fraction of sp³-hybridized carbons (Fsp3) is 0.400. The third-order valence-electron chi connectivity index (χ3n) is 5.76. The second-order valence-corrected chi connectivity index (χ2v) is 10.8. The van der Waals surface area contributed by atoms with Crippen LogP contribution in [-0.4, -0.2) is 31.7 Å². The lowest BCUT2D eigenvalue weighted by molar-refractivity contribution is -0.119. The van der Waals surface area contributed by atoms with E-state index in [1.54, 1.807) is 0 Å². The topological polar surface area (TPSA) is 59.8 Å². The van der Waals surface area contributed by atoms with E-state index in [1.165, 1.54) is 28.5 Å². The average Bonchev–Trinajstić information content (AvgIpc) is 3.45. The molecule has 1 aromatic heterocycles. The largest absolute Gasteiger partial charge is 0.329 e. The molecule has 1 aromatic carbocycles. The molecule has 1 amide bonds. The van der Waals surface area contributed by atoms with Gasteiger partial charge in [-0.3, -0.25) is 9.36 Å². The highest BCUT2D eigenvalue weighted by Gasteiger charge is 2.23. The summed E-state index contributed by atoms with van der Waals surface area (Å²) in [6.07, 6.45) is 7.09. The maximum Gasteiger partial charge on any atom is 0.237 e. The molecule has 0 radical (unpaired) electrons. The van der Waals surface area contributed by atoms with Crippen molar-refractivity contribution < 1.29 is 4.79 Å². The number of thioether (sulfide) groups is 2. The summed E-state index contributed by atoms with van der Waals surface area (Å²) in [4.78, 5) is 12.9. The lowest BCUT2D eigenvalue weighted by Crippen LogP contribution is -2.31. The number of nitrogens with zero attached hydrogens (tertiary/aromatic N) is 3. The number of aromatic nitrogens is 3. The molecular formula is C25H30N4OS2. The standard InChI is InChI=1S/C25H30N4OS2/c1-17(2)20-9-11-22(12-10-20)26-24(30)18(3)32-25-28-27-23(21-13-14-31-16-21)29(25)15-19-7-5-4-6-8-19/h4-9,11,16-18H,10,12-15H2,1-3H3,(H,26,30). The van der Waals surface area contributed by atoms with Crippen LogP contribution in [0.1, 0.15) is 51.4 Å². The van der Waals surface area contributed by atoms with Crippen molar-refractivity contribution in [1.29, 1.82) is 0 Å². The molecule has 4 rings (SSSR count). The highest BCUT2D eigenvalue weighted by Crippen LogP contribution is 2.32. The van der Waals surface area contributed by atoms with E-state index < -0.39 is 0 Å². The summed E-state index contributed by atoms with van der Waals surface area (Å²) >= 11 is 3.29. The van der Waals surface area contributed by atoms with Gasteiger partial charge >= 0.3 is 0 Å². The molecule has 32 heavy (non-hydrogen) atoms. The third-order valence-corrected chi connectivity index (χ3v) is 7.73. The van der Waals surface area contributed by atoms with Crippen LogP contribution in [0, 0.1) is 5.92 Å². The Morgan fingerprint density at radius 1 is 1.12 bits per heavy atom. The van der Waals surface area contributed by atoms with Crippen LogP contribution in [0.5, 0.6) is 0 Å². The van der Waals surface area contributed by atoms with Crippen LogP contribution in [0.3, 0.4) is 0 Å². The Bertz CT molecular complexity index is 1050. The summed E-state index contributed by atoms with van der Waals surface area (Å²) in [5, 5.41) is 14.8. The fourth-order valence-electron chi connectivity index (χ4n) is 3.78. The van der Waals surface area contributed by atoms with Gasteiger partial charge in [0, 0.05) is 17.0 Å². The third kappa shape index (κ3) is 5.56. The minimum absolute atomic E-state index is 0.00842. The Morgan fingerprint density at radius 2 is 1.94 bits per heavy atom. The number of hydrogen-bond donors (Lipinski definition) is 1. The second-order valence-electron chi connectivity index (χ2n) is 8.48. The van der Waals surface area contributed by atoms with Gasteiger partial charge in [0.15, 0.2) is 11.0 Å². The number of hydrogen-bond acceptors (Lipinski definition) is 5. The fourth-order valence-corrected chi connectivity index (χ4v) is 5.51. The Kier molecular flexibility index (Phi) is 7.58. The van der Waals surface area contributed by atoms with E-state index in [2.05, 4.69) is 57.5 Å². The van der Waals surface area contributed by atoms with Crippen LogP contribution in [0.15, 0.2) is 64.3 Å². The van der Waals surface area contributed by atoms with Gasteiger partial charge in [0.05, 0.1) is 11.8 Å². The summed E-state index contributed by atoms with van der Waals surface area (Å²) in [6.45, 7) is 7.05. The number of amides is 1. The monoisotopic (exact) mass is 466 g/mol. The van der Waals surface area contributed by atoms with E-state index in [0.29, 0.717) is 12.5 Å². The van der Waals surface area contributed by atoms with Crippen LogP contribution in [0.4, 0.5) is 0 Å². The van der Waals surface area contributed by atoms with E-state index >= 15 is 0 Å². The maximum atomic E-state index is 12.9. The summed E-state index contributed by atoms with van der Waals surface area (Å²) in [5.74, 6) is 2.55. The summed E-state index contributed by atoms with van der Waals surface area (Å²) in [6, 6.07) is 10.3. The van der Waals surface area contributed by atoms with E-state index in [4.69, 9.17) is 0 Å². The smallest absolute Gasteiger partial charge is 0.237 e. The first kappa shape index (κ1) is 22.9. The molecule has 0 bridgehead atoms. The lowest BCUT2D eigenvalue weighted by atomic mass is 9.93. The van der Waals surface area contributed by atoms with E-state index in [9.17, 15) is 4.79 Å². The van der Waals surface area contributed by atoms with Crippen molar-refractivity contribution >= 4 is 35.0 Å². The predicted octanol–water partition coefficient (Wildman–Crippen LogP) is 5.66. The first-order chi connectivity index (χ1) is 15.5. The summed E-state index contributed by atoms with van der Waals surface area (Å²) < 4.78 is 2.15. The van der Waals surface area contributed by atoms with Crippen LogP contribution >= 0.6 is 23.5 Å². The van der Waals surface area contributed by atoms with Gasteiger partial charge in [-0.25, -0.2) is 0 Å². The molecule has 168 valence electrons. The Balaban J connectivity index is 1.49. The molecule has 0 fully saturated rings. The minimum atomic E-state index is -0.273. The molecule has 0 spiro atoms. The van der Waals surface area contributed by atoms with Crippen molar-refractivity contribution in [2.45, 2.75) is 57.0 Å². The number of rotatable bonds is 8. The lowest BCUT2D eigenvalue weighted by Gasteiger charge is -2.19. The normalized spacial score (nSPS) is 17.1. The zero-order valence-corrected chi connectivity index (χ0v) is 20.5. The summed E-state index contributed by atoms with van der Waals surface area (Å²) in [5.41, 5.74) is 4.85. The zero-order chi connectivity index (χ0) is 22.5. The van der Waals surface area contributed by atoms with Crippen LogP contribution in [0.2, 0.25) is 0 Å². The van der Waals surface area contributed by atoms with Gasteiger partial charge in [-0.1, -0.05) is 67.6 Å². The van der Waals surface area contributed by atoms with Gasteiger partial charge < -0.3 is 5.32 Å². The van der Waals surface area contributed by atoms with Gasteiger partial charge in [-0.15, -0.1) is 22.0 Å². The number of carbonyl (C=O) groups excluding carboxylic acids is 1. The molecule has 7 heteroatoms. The number of nitrogens with one attached hydrogen (secondary N) is 1. The van der Waals surface area contributed by atoms with Crippen molar-refractivity contribution in [3.8, 4) is 0 Å². The molecule has 1 unspecified atom stereocenters. The first-order valence-corrected chi connectivity index (χ1v) is 13.1. The van der Waals surface area contributed by atoms with Gasteiger partial charge in [-0.2, -0.15) is 0 Å². The van der Waals surface area contributed by atoms with Crippen LogP contribution < -0.4 is 5.32 Å². The van der Waals surface area contributed by atoms with Crippen molar-refractivity contribution in [3.05, 3.63) is 70.5 Å².